The SMILES string of the molecule is CCCOc1ccccc1-c1nc2ncn(-c3ccc([N+](=O)[O-])cc3)c2c(=O)[nH]1. The van der Waals surface area contributed by atoms with E-state index in [0.717, 1.165) is 6.42 Å². The average Bonchev–Trinajstić information content (AvgIpc) is 3.17. The third-order valence-electron chi connectivity index (χ3n) is 4.36. The van der Waals surface area contributed by atoms with Crippen molar-refractivity contribution < 1.29 is 9.66 Å². The molecule has 2 aromatic heterocycles. The summed E-state index contributed by atoms with van der Waals surface area (Å²) in [6.07, 6.45) is 2.33. The van der Waals surface area contributed by atoms with Crippen LogP contribution in [0.2, 0.25) is 0 Å². The van der Waals surface area contributed by atoms with Gasteiger partial charge in [-0.05, 0) is 30.7 Å². The van der Waals surface area contributed by atoms with Gasteiger partial charge in [0.15, 0.2) is 11.2 Å². The Labute approximate surface area is 164 Å². The number of ether oxygens (including phenoxy) is 1. The van der Waals surface area contributed by atoms with Crippen LogP contribution >= 0.6 is 0 Å². The number of para-hydroxylation sites is 1. The summed E-state index contributed by atoms with van der Waals surface area (Å²) in [5, 5.41) is 10.8. The quantitative estimate of drug-likeness (QED) is 0.397. The van der Waals surface area contributed by atoms with E-state index in [9.17, 15) is 14.9 Å². The smallest absolute Gasteiger partial charge is 0.277 e. The van der Waals surface area contributed by atoms with Crippen molar-refractivity contribution in [3.63, 3.8) is 0 Å². The van der Waals surface area contributed by atoms with Gasteiger partial charge in [-0.15, -0.1) is 0 Å². The van der Waals surface area contributed by atoms with Gasteiger partial charge in [-0.25, -0.2) is 9.97 Å². The van der Waals surface area contributed by atoms with Crippen LogP contribution in [0.1, 0.15) is 13.3 Å². The molecule has 0 bridgehead atoms. The molecule has 2 aromatic carbocycles. The number of imidazole rings is 1. The van der Waals surface area contributed by atoms with Gasteiger partial charge in [0.1, 0.15) is 17.9 Å². The molecule has 146 valence electrons. The lowest BCUT2D eigenvalue weighted by Crippen LogP contribution is -2.13. The lowest BCUT2D eigenvalue weighted by molar-refractivity contribution is -0.384. The van der Waals surface area contributed by atoms with Crippen LogP contribution in [-0.2, 0) is 0 Å². The van der Waals surface area contributed by atoms with E-state index < -0.39 is 4.92 Å². The van der Waals surface area contributed by atoms with Gasteiger partial charge in [0.05, 0.1) is 17.1 Å². The molecular formula is C20H17N5O4. The first-order valence-corrected chi connectivity index (χ1v) is 9.03. The maximum Gasteiger partial charge on any atom is 0.277 e. The third-order valence-corrected chi connectivity index (χ3v) is 4.36. The summed E-state index contributed by atoms with van der Waals surface area (Å²) in [6.45, 7) is 2.57. The summed E-state index contributed by atoms with van der Waals surface area (Å²) in [7, 11) is 0. The Bertz CT molecular complexity index is 1240. The fourth-order valence-electron chi connectivity index (χ4n) is 2.99. The molecule has 0 aliphatic rings. The number of nitrogens with one attached hydrogen (secondary N) is 1. The topological polar surface area (TPSA) is 116 Å². The number of aromatic amines is 1. The second-order valence-electron chi connectivity index (χ2n) is 6.32. The number of hydrogen-bond acceptors (Lipinski definition) is 6. The Kier molecular flexibility index (Phi) is 4.78. The van der Waals surface area contributed by atoms with E-state index in [1.54, 1.807) is 16.7 Å². The minimum absolute atomic E-state index is 0.0313. The van der Waals surface area contributed by atoms with E-state index >= 15 is 0 Å². The number of benzene rings is 2. The van der Waals surface area contributed by atoms with Crippen molar-refractivity contribution in [3.8, 4) is 22.8 Å². The number of hydrogen-bond donors (Lipinski definition) is 1. The highest BCUT2D eigenvalue weighted by atomic mass is 16.6. The van der Waals surface area contributed by atoms with Gasteiger partial charge in [0.2, 0.25) is 0 Å². The highest BCUT2D eigenvalue weighted by Gasteiger charge is 2.16. The molecule has 0 saturated heterocycles. The molecule has 0 atom stereocenters. The van der Waals surface area contributed by atoms with Crippen LogP contribution in [0.3, 0.4) is 0 Å². The van der Waals surface area contributed by atoms with Crippen LogP contribution in [-0.4, -0.2) is 31.0 Å². The summed E-state index contributed by atoms with van der Waals surface area (Å²) in [4.78, 5) is 34.7. The Balaban J connectivity index is 1.79. The molecule has 0 aliphatic heterocycles. The molecule has 0 amide bonds. The number of fused-ring (bicyclic) bond motifs is 1. The van der Waals surface area contributed by atoms with Gasteiger partial charge in [-0.2, -0.15) is 0 Å². The largest absolute Gasteiger partial charge is 0.493 e. The molecule has 0 radical (unpaired) electrons. The zero-order valence-electron chi connectivity index (χ0n) is 15.5. The first-order valence-electron chi connectivity index (χ1n) is 9.03. The van der Waals surface area contributed by atoms with Gasteiger partial charge in [0.25, 0.3) is 11.2 Å². The third kappa shape index (κ3) is 3.45. The zero-order chi connectivity index (χ0) is 20.4. The summed E-state index contributed by atoms with van der Waals surface area (Å²) >= 11 is 0. The van der Waals surface area contributed by atoms with Crippen molar-refractivity contribution in [2.75, 3.05) is 6.61 Å². The number of non-ortho nitro benzene ring substituents is 1. The molecular weight excluding hydrogens is 374 g/mol. The van der Waals surface area contributed by atoms with Crippen LogP contribution in [0.5, 0.6) is 5.75 Å². The second kappa shape index (κ2) is 7.55. The number of rotatable bonds is 6. The van der Waals surface area contributed by atoms with Gasteiger partial charge in [0, 0.05) is 17.8 Å². The minimum atomic E-state index is -0.478. The van der Waals surface area contributed by atoms with Gasteiger partial charge in [-0.1, -0.05) is 19.1 Å². The van der Waals surface area contributed by atoms with Gasteiger partial charge >= 0.3 is 0 Å². The first-order chi connectivity index (χ1) is 14.1. The monoisotopic (exact) mass is 391 g/mol. The lowest BCUT2D eigenvalue weighted by atomic mass is 10.2. The van der Waals surface area contributed by atoms with Crippen LogP contribution < -0.4 is 10.3 Å². The molecule has 0 aliphatic carbocycles. The fraction of sp³-hybridized carbons (Fsp3) is 0.150. The van der Waals surface area contributed by atoms with E-state index in [1.165, 1.54) is 18.5 Å². The zero-order valence-corrected chi connectivity index (χ0v) is 15.5. The lowest BCUT2D eigenvalue weighted by Gasteiger charge is -2.10. The number of aromatic nitrogens is 4. The van der Waals surface area contributed by atoms with E-state index in [2.05, 4.69) is 15.0 Å². The van der Waals surface area contributed by atoms with E-state index in [4.69, 9.17) is 4.74 Å². The molecule has 4 aromatic rings. The van der Waals surface area contributed by atoms with Crippen molar-refractivity contribution in [2.45, 2.75) is 13.3 Å². The molecule has 9 heteroatoms. The molecule has 0 unspecified atom stereocenters. The normalized spacial score (nSPS) is 10.9. The summed E-state index contributed by atoms with van der Waals surface area (Å²) in [5.74, 6) is 0.995. The number of nitro benzene ring substituents is 1. The maximum absolute atomic E-state index is 12.8. The first kappa shape index (κ1) is 18.4. The number of H-pyrrole nitrogens is 1. The standard InChI is InChI=1S/C20H17N5O4/c1-2-11-29-16-6-4-3-5-15(16)18-22-19-17(20(26)23-18)24(12-21-19)13-7-9-14(10-8-13)25(27)28/h3-10,12H,2,11H2,1H3,(H,22,23,26). The van der Waals surface area contributed by atoms with E-state index in [0.29, 0.717) is 29.4 Å². The van der Waals surface area contributed by atoms with Crippen LogP contribution in [0, 0.1) is 10.1 Å². The Morgan fingerprint density at radius 3 is 2.66 bits per heavy atom. The molecule has 4 rings (SSSR count). The summed E-state index contributed by atoms with van der Waals surface area (Å²) in [5.41, 5.74) is 1.37. The van der Waals surface area contributed by atoms with Gasteiger partial charge < -0.3 is 9.72 Å². The van der Waals surface area contributed by atoms with Crippen molar-refractivity contribution in [1.82, 2.24) is 19.5 Å². The van der Waals surface area contributed by atoms with E-state index in [-0.39, 0.29) is 22.4 Å². The molecule has 0 fully saturated rings. The fourth-order valence-corrected chi connectivity index (χ4v) is 2.99. The maximum atomic E-state index is 12.8. The molecule has 0 saturated carbocycles. The van der Waals surface area contributed by atoms with Crippen molar-refractivity contribution in [1.29, 1.82) is 0 Å². The molecule has 1 N–H and O–H groups in total. The van der Waals surface area contributed by atoms with Crippen LogP contribution in [0.4, 0.5) is 5.69 Å². The van der Waals surface area contributed by atoms with Crippen molar-refractivity contribution in [2.24, 2.45) is 0 Å². The Hall–Kier alpha value is -4.01. The average molecular weight is 391 g/mol. The minimum Gasteiger partial charge on any atom is -0.493 e. The predicted molar refractivity (Wildman–Crippen MR) is 107 cm³/mol. The second-order valence-corrected chi connectivity index (χ2v) is 6.32. The van der Waals surface area contributed by atoms with Crippen LogP contribution in [0.15, 0.2) is 59.7 Å². The Morgan fingerprint density at radius 1 is 1.17 bits per heavy atom. The van der Waals surface area contributed by atoms with Gasteiger partial charge in [-0.3, -0.25) is 19.5 Å². The van der Waals surface area contributed by atoms with Crippen molar-refractivity contribution >= 4 is 16.9 Å². The molecule has 0 spiro atoms. The number of nitro groups is 1. The number of nitrogens with zero attached hydrogens (tertiary/aromatic N) is 4. The van der Waals surface area contributed by atoms with Crippen LogP contribution in [0.25, 0.3) is 28.2 Å². The van der Waals surface area contributed by atoms with Crippen molar-refractivity contribution in [3.05, 3.63) is 75.3 Å². The summed E-state index contributed by atoms with van der Waals surface area (Å²) in [6, 6.07) is 13.2. The predicted octanol–water partition coefficient (Wildman–Crippen LogP) is 3.47. The summed E-state index contributed by atoms with van der Waals surface area (Å²) < 4.78 is 7.30. The molecule has 9 nitrogen and oxygen atoms in total. The Morgan fingerprint density at radius 2 is 1.93 bits per heavy atom. The molecule has 29 heavy (non-hydrogen) atoms. The molecule has 2 heterocycles. The highest BCUT2D eigenvalue weighted by molar-refractivity contribution is 5.76. The highest BCUT2D eigenvalue weighted by Crippen LogP contribution is 2.27. The van der Waals surface area contributed by atoms with E-state index in [1.807, 2.05) is 31.2 Å².